The fraction of sp³-hybridized carbons (Fsp3) is 0.375. The molecule has 1 aliphatic heterocycles. The Balaban J connectivity index is 2.22. The lowest BCUT2D eigenvalue weighted by Gasteiger charge is -2.34. The number of anilines is 1. The number of rotatable bonds is 4. The summed E-state index contributed by atoms with van der Waals surface area (Å²) >= 11 is 0. The second-order valence-electron chi connectivity index (χ2n) is 4.93. The SMILES string of the molecule is C=C(C)N(C(=C)C1CCOCC1)c1ccc(F)cc1. The predicted molar refractivity (Wildman–Crippen MR) is 76.4 cm³/mol. The summed E-state index contributed by atoms with van der Waals surface area (Å²) in [5, 5.41) is 0. The molecule has 0 aliphatic carbocycles. The van der Waals surface area contributed by atoms with E-state index in [1.54, 1.807) is 12.1 Å². The number of allylic oxidation sites excluding steroid dienone is 2. The molecule has 1 aliphatic rings. The Kier molecular flexibility index (Phi) is 4.38. The Bertz CT molecular complexity index is 460. The minimum Gasteiger partial charge on any atom is -0.381 e. The Labute approximate surface area is 114 Å². The van der Waals surface area contributed by atoms with E-state index in [1.165, 1.54) is 12.1 Å². The summed E-state index contributed by atoms with van der Waals surface area (Å²) in [6.45, 7) is 11.7. The monoisotopic (exact) mass is 261 g/mol. The first kappa shape index (κ1) is 13.8. The van der Waals surface area contributed by atoms with Gasteiger partial charge in [0.2, 0.25) is 0 Å². The summed E-state index contributed by atoms with van der Waals surface area (Å²) in [6, 6.07) is 6.44. The molecule has 1 aromatic rings. The third-order valence-corrected chi connectivity index (χ3v) is 3.45. The molecule has 1 heterocycles. The van der Waals surface area contributed by atoms with Crippen molar-refractivity contribution >= 4 is 5.69 Å². The van der Waals surface area contributed by atoms with Crippen LogP contribution >= 0.6 is 0 Å². The van der Waals surface area contributed by atoms with Crippen molar-refractivity contribution in [1.29, 1.82) is 0 Å². The molecule has 2 nitrogen and oxygen atoms in total. The normalized spacial score (nSPS) is 16.1. The molecule has 1 saturated heterocycles. The van der Waals surface area contributed by atoms with E-state index < -0.39 is 0 Å². The first-order valence-electron chi connectivity index (χ1n) is 6.57. The van der Waals surface area contributed by atoms with Crippen LogP contribution < -0.4 is 4.90 Å². The van der Waals surface area contributed by atoms with Gasteiger partial charge in [0.25, 0.3) is 0 Å². The Morgan fingerprint density at radius 1 is 1.21 bits per heavy atom. The topological polar surface area (TPSA) is 12.5 Å². The molecule has 0 N–H and O–H groups in total. The Hall–Kier alpha value is -1.61. The molecule has 0 unspecified atom stereocenters. The highest BCUT2D eigenvalue weighted by Gasteiger charge is 2.22. The molecule has 0 spiro atoms. The molecule has 102 valence electrons. The van der Waals surface area contributed by atoms with Gasteiger partial charge in [0.05, 0.1) is 0 Å². The maximum Gasteiger partial charge on any atom is 0.123 e. The summed E-state index contributed by atoms with van der Waals surface area (Å²) in [7, 11) is 0. The zero-order valence-corrected chi connectivity index (χ0v) is 11.4. The average Bonchev–Trinajstić information content (AvgIpc) is 2.42. The average molecular weight is 261 g/mol. The van der Waals surface area contributed by atoms with Crippen molar-refractivity contribution in [3.63, 3.8) is 0 Å². The number of hydrogen-bond acceptors (Lipinski definition) is 2. The molecule has 0 saturated carbocycles. The van der Waals surface area contributed by atoms with E-state index >= 15 is 0 Å². The van der Waals surface area contributed by atoms with E-state index in [0.29, 0.717) is 5.92 Å². The largest absolute Gasteiger partial charge is 0.381 e. The van der Waals surface area contributed by atoms with Gasteiger partial charge in [-0.25, -0.2) is 4.39 Å². The van der Waals surface area contributed by atoms with E-state index in [0.717, 1.165) is 43.1 Å². The fourth-order valence-corrected chi connectivity index (χ4v) is 2.43. The van der Waals surface area contributed by atoms with Crippen LogP contribution in [0.1, 0.15) is 19.8 Å². The van der Waals surface area contributed by atoms with E-state index in [2.05, 4.69) is 13.2 Å². The van der Waals surface area contributed by atoms with Gasteiger partial charge in [-0.2, -0.15) is 0 Å². The quantitative estimate of drug-likeness (QED) is 0.809. The van der Waals surface area contributed by atoms with Crippen LogP contribution in [-0.2, 0) is 4.74 Å². The maximum absolute atomic E-state index is 13.0. The minimum atomic E-state index is -0.234. The Morgan fingerprint density at radius 2 is 1.79 bits per heavy atom. The van der Waals surface area contributed by atoms with Crippen molar-refractivity contribution in [3.05, 3.63) is 54.6 Å². The first-order valence-corrected chi connectivity index (χ1v) is 6.57. The standard InChI is InChI=1S/C16H20FNO/c1-12(2)18(16-6-4-15(17)5-7-16)13(3)14-8-10-19-11-9-14/h4-7,14H,1,3,8-11H2,2H3. The fourth-order valence-electron chi connectivity index (χ4n) is 2.43. The number of benzene rings is 1. The van der Waals surface area contributed by atoms with E-state index in [-0.39, 0.29) is 5.82 Å². The summed E-state index contributed by atoms with van der Waals surface area (Å²) < 4.78 is 18.4. The van der Waals surface area contributed by atoms with Crippen LogP contribution in [0.5, 0.6) is 0 Å². The smallest absolute Gasteiger partial charge is 0.123 e. The van der Waals surface area contributed by atoms with Gasteiger partial charge in [-0.15, -0.1) is 0 Å². The van der Waals surface area contributed by atoms with Crippen molar-refractivity contribution in [2.24, 2.45) is 5.92 Å². The summed E-state index contributed by atoms with van der Waals surface area (Å²) in [5.41, 5.74) is 2.82. The number of hydrogen-bond donors (Lipinski definition) is 0. The first-order chi connectivity index (χ1) is 9.09. The van der Waals surface area contributed by atoms with Gasteiger partial charge in [0, 0.05) is 36.2 Å². The molecular formula is C16H20FNO. The van der Waals surface area contributed by atoms with Gasteiger partial charge in [0.1, 0.15) is 5.82 Å². The number of nitrogens with zero attached hydrogens (tertiary/aromatic N) is 1. The van der Waals surface area contributed by atoms with Crippen molar-refractivity contribution < 1.29 is 9.13 Å². The Morgan fingerprint density at radius 3 is 2.32 bits per heavy atom. The van der Waals surface area contributed by atoms with Crippen molar-refractivity contribution in [2.75, 3.05) is 18.1 Å². The zero-order chi connectivity index (χ0) is 13.8. The third kappa shape index (κ3) is 3.24. The van der Waals surface area contributed by atoms with Gasteiger partial charge in [-0.1, -0.05) is 13.2 Å². The molecule has 0 atom stereocenters. The molecule has 19 heavy (non-hydrogen) atoms. The predicted octanol–water partition coefficient (Wildman–Crippen LogP) is 4.11. The molecule has 1 aromatic carbocycles. The number of ether oxygens (including phenoxy) is 1. The molecule has 3 heteroatoms. The van der Waals surface area contributed by atoms with Crippen molar-refractivity contribution in [1.82, 2.24) is 0 Å². The maximum atomic E-state index is 13.0. The van der Waals surface area contributed by atoms with Crippen molar-refractivity contribution in [2.45, 2.75) is 19.8 Å². The highest BCUT2D eigenvalue weighted by Crippen LogP contribution is 2.31. The second kappa shape index (κ2) is 6.02. The molecule has 0 aromatic heterocycles. The van der Waals surface area contributed by atoms with Crippen LogP contribution in [0.25, 0.3) is 0 Å². The summed E-state index contributed by atoms with van der Waals surface area (Å²) in [5.74, 6) is 0.164. The lowest BCUT2D eigenvalue weighted by atomic mass is 9.95. The van der Waals surface area contributed by atoms with E-state index in [9.17, 15) is 4.39 Å². The minimum absolute atomic E-state index is 0.234. The molecule has 0 bridgehead atoms. The summed E-state index contributed by atoms with van der Waals surface area (Å²) in [6.07, 6.45) is 1.95. The van der Waals surface area contributed by atoms with Crippen LogP contribution in [0.15, 0.2) is 48.8 Å². The highest BCUT2D eigenvalue weighted by molar-refractivity contribution is 5.57. The molecule has 0 radical (unpaired) electrons. The zero-order valence-electron chi connectivity index (χ0n) is 11.4. The van der Waals surface area contributed by atoms with E-state index in [4.69, 9.17) is 4.74 Å². The van der Waals surface area contributed by atoms with Crippen LogP contribution in [0.4, 0.5) is 10.1 Å². The van der Waals surface area contributed by atoms with Crippen molar-refractivity contribution in [3.8, 4) is 0 Å². The molecular weight excluding hydrogens is 241 g/mol. The lowest BCUT2D eigenvalue weighted by molar-refractivity contribution is 0.0754. The van der Waals surface area contributed by atoms with Gasteiger partial charge in [-0.05, 0) is 44.0 Å². The second-order valence-corrected chi connectivity index (χ2v) is 4.93. The van der Waals surface area contributed by atoms with Gasteiger partial charge < -0.3 is 9.64 Å². The molecule has 1 fully saturated rings. The van der Waals surface area contributed by atoms with Crippen LogP contribution in [0.2, 0.25) is 0 Å². The number of halogens is 1. The highest BCUT2D eigenvalue weighted by atomic mass is 19.1. The van der Waals surface area contributed by atoms with Crippen LogP contribution in [-0.4, -0.2) is 13.2 Å². The van der Waals surface area contributed by atoms with Gasteiger partial charge in [0.15, 0.2) is 0 Å². The molecule has 0 amide bonds. The third-order valence-electron chi connectivity index (χ3n) is 3.45. The van der Waals surface area contributed by atoms with Gasteiger partial charge >= 0.3 is 0 Å². The summed E-state index contributed by atoms with van der Waals surface area (Å²) in [4.78, 5) is 2.01. The van der Waals surface area contributed by atoms with Gasteiger partial charge in [-0.3, -0.25) is 0 Å². The van der Waals surface area contributed by atoms with Crippen LogP contribution in [0.3, 0.4) is 0 Å². The lowest BCUT2D eigenvalue weighted by Crippen LogP contribution is -2.28. The van der Waals surface area contributed by atoms with E-state index in [1.807, 2.05) is 11.8 Å². The van der Waals surface area contributed by atoms with Crippen LogP contribution in [0, 0.1) is 11.7 Å². The molecule has 2 rings (SSSR count).